The van der Waals surface area contributed by atoms with E-state index in [0.717, 1.165) is 55.1 Å². The summed E-state index contributed by atoms with van der Waals surface area (Å²) in [6, 6.07) is 8.85. The van der Waals surface area contributed by atoms with Crippen LogP contribution in [0.4, 0.5) is 5.69 Å². The first kappa shape index (κ1) is 23.2. The second-order valence-corrected chi connectivity index (χ2v) is 9.77. The predicted molar refractivity (Wildman–Crippen MR) is 126 cm³/mol. The van der Waals surface area contributed by atoms with Crippen molar-refractivity contribution in [2.24, 2.45) is 22.9 Å². The van der Waals surface area contributed by atoms with Crippen LogP contribution in [0, 0.1) is 11.8 Å². The minimum Gasteiger partial charge on any atom is -0.395 e. The van der Waals surface area contributed by atoms with Crippen LogP contribution in [-0.4, -0.2) is 54.9 Å². The normalized spacial score (nSPS) is 26.2. The number of carbonyl (C=O) groups excluding carboxylic acids is 1. The number of likely N-dealkylation sites (tertiary alicyclic amines) is 1. The van der Waals surface area contributed by atoms with Gasteiger partial charge in [0.25, 0.3) is 5.91 Å². The summed E-state index contributed by atoms with van der Waals surface area (Å²) in [5, 5.41) is 4.19. The Bertz CT molecular complexity index is 796. The lowest BCUT2D eigenvalue weighted by Crippen LogP contribution is -2.50. The fourth-order valence-electron chi connectivity index (χ4n) is 5.63. The quantitative estimate of drug-likeness (QED) is 0.490. The second-order valence-electron chi connectivity index (χ2n) is 9.77. The van der Waals surface area contributed by atoms with Gasteiger partial charge >= 0.3 is 0 Å². The van der Waals surface area contributed by atoms with Crippen LogP contribution in [0.25, 0.3) is 0 Å². The summed E-state index contributed by atoms with van der Waals surface area (Å²) < 4.78 is 0. The molecule has 0 spiro atoms. The lowest BCUT2D eigenvalue weighted by Gasteiger charge is -2.43. The van der Waals surface area contributed by atoms with E-state index in [2.05, 4.69) is 28.7 Å². The van der Waals surface area contributed by atoms with Gasteiger partial charge in [-0.25, -0.2) is 5.90 Å². The largest absolute Gasteiger partial charge is 0.395 e. The first-order valence-corrected chi connectivity index (χ1v) is 12.3. The lowest BCUT2D eigenvalue weighted by atomic mass is 9.79. The van der Waals surface area contributed by atoms with Crippen molar-refractivity contribution in [1.29, 1.82) is 0 Å². The van der Waals surface area contributed by atoms with Gasteiger partial charge in [0.1, 0.15) is 6.61 Å². The SMILES string of the molecule is CC(C)C1CCC(N2CCC(N3C(=O)/C(=N\OCCCON)c4ccccc43)CC2)CC1. The van der Waals surface area contributed by atoms with Crippen molar-refractivity contribution < 1.29 is 14.5 Å². The number of fused-ring (bicyclic) bond motifs is 1. The zero-order chi connectivity index (χ0) is 22.5. The van der Waals surface area contributed by atoms with E-state index in [1.807, 2.05) is 29.2 Å². The fourth-order valence-corrected chi connectivity index (χ4v) is 5.63. The smallest absolute Gasteiger partial charge is 0.281 e. The standard InChI is InChI=1S/C25H38N4O3/c1-18(2)19-8-10-20(11-9-19)28-14-12-21(13-15-28)29-23-7-4-3-6-22(23)24(25(29)30)27-32-17-5-16-31-26/h3-4,6-7,18-21H,5,8-17,26H2,1-2H3/b27-24-. The Morgan fingerprint density at radius 3 is 2.44 bits per heavy atom. The van der Waals surface area contributed by atoms with Crippen LogP contribution in [0.2, 0.25) is 0 Å². The number of benzene rings is 1. The molecule has 7 nitrogen and oxygen atoms in total. The molecule has 0 atom stereocenters. The van der Waals surface area contributed by atoms with E-state index in [9.17, 15) is 4.79 Å². The van der Waals surface area contributed by atoms with E-state index in [4.69, 9.17) is 10.7 Å². The van der Waals surface area contributed by atoms with E-state index in [1.54, 1.807) is 0 Å². The van der Waals surface area contributed by atoms with Gasteiger partial charge in [-0.2, -0.15) is 0 Å². The van der Waals surface area contributed by atoms with Crippen LogP contribution in [0.15, 0.2) is 29.4 Å². The Kier molecular flexibility index (Phi) is 7.81. The number of piperidine rings is 1. The van der Waals surface area contributed by atoms with Gasteiger partial charge in [-0.3, -0.25) is 4.79 Å². The molecule has 0 radical (unpaired) electrons. The Hall–Kier alpha value is -1.96. The Balaban J connectivity index is 1.37. The second kappa shape index (κ2) is 10.8. The lowest BCUT2D eigenvalue weighted by molar-refractivity contribution is -0.113. The molecule has 1 aliphatic carbocycles. The Labute approximate surface area is 191 Å². The van der Waals surface area contributed by atoms with Crippen LogP contribution in [0.5, 0.6) is 0 Å². The van der Waals surface area contributed by atoms with Crippen molar-refractivity contribution in [2.45, 2.75) is 70.9 Å². The first-order chi connectivity index (χ1) is 15.6. The number of anilines is 1. The molecule has 0 aromatic heterocycles. The van der Waals surface area contributed by atoms with E-state index in [1.165, 1.54) is 25.7 Å². The monoisotopic (exact) mass is 442 g/mol. The molecule has 1 saturated carbocycles. The molecule has 0 bridgehead atoms. The van der Waals surface area contributed by atoms with Crippen LogP contribution < -0.4 is 10.8 Å². The topological polar surface area (TPSA) is 80.4 Å². The van der Waals surface area contributed by atoms with Gasteiger partial charge in [-0.1, -0.05) is 37.2 Å². The van der Waals surface area contributed by atoms with E-state index in [-0.39, 0.29) is 11.9 Å². The zero-order valence-corrected chi connectivity index (χ0v) is 19.5. The molecular weight excluding hydrogens is 404 g/mol. The van der Waals surface area contributed by atoms with E-state index in [0.29, 0.717) is 25.3 Å². The average molecular weight is 443 g/mol. The predicted octanol–water partition coefficient (Wildman–Crippen LogP) is 3.71. The van der Waals surface area contributed by atoms with Gasteiger partial charge in [0.2, 0.25) is 0 Å². The number of hydrogen-bond acceptors (Lipinski definition) is 6. The van der Waals surface area contributed by atoms with Crippen molar-refractivity contribution in [3.63, 3.8) is 0 Å². The summed E-state index contributed by atoms with van der Waals surface area (Å²) in [5.74, 6) is 6.69. The number of oxime groups is 1. The summed E-state index contributed by atoms with van der Waals surface area (Å²) in [6.45, 7) is 7.62. The highest BCUT2D eigenvalue weighted by Gasteiger charge is 2.40. The molecular formula is C25H38N4O3. The van der Waals surface area contributed by atoms with Crippen LogP contribution in [0.1, 0.15) is 64.4 Å². The van der Waals surface area contributed by atoms with Crippen molar-refractivity contribution in [3.05, 3.63) is 29.8 Å². The zero-order valence-electron chi connectivity index (χ0n) is 19.5. The molecule has 32 heavy (non-hydrogen) atoms. The third kappa shape index (κ3) is 5.00. The van der Waals surface area contributed by atoms with Gasteiger partial charge < -0.3 is 19.5 Å². The van der Waals surface area contributed by atoms with Crippen molar-refractivity contribution in [1.82, 2.24) is 4.90 Å². The number of nitrogens with two attached hydrogens (primary N) is 1. The van der Waals surface area contributed by atoms with Crippen LogP contribution >= 0.6 is 0 Å². The third-order valence-electron chi connectivity index (χ3n) is 7.56. The average Bonchev–Trinajstić information content (AvgIpc) is 3.10. The molecule has 1 aromatic carbocycles. The molecule has 3 aliphatic rings. The fraction of sp³-hybridized carbons (Fsp3) is 0.680. The van der Waals surface area contributed by atoms with Crippen LogP contribution in [-0.2, 0) is 14.5 Å². The summed E-state index contributed by atoms with van der Waals surface area (Å²) in [6.07, 6.45) is 8.00. The molecule has 2 aliphatic heterocycles. The molecule has 2 heterocycles. The molecule has 2 N–H and O–H groups in total. The van der Waals surface area contributed by atoms with Gasteiger partial charge in [0.15, 0.2) is 5.71 Å². The molecule has 2 fully saturated rings. The molecule has 0 unspecified atom stereocenters. The van der Waals surface area contributed by atoms with Gasteiger partial charge in [0, 0.05) is 37.2 Å². The van der Waals surface area contributed by atoms with Crippen molar-refractivity contribution >= 4 is 17.3 Å². The Morgan fingerprint density at radius 2 is 1.75 bits per heavy atom. The van der Waals surface area contributed by atoms with Gasteiger partial charge in [-0.15, -0.1) is 0 Å². The molecule has 176 valence electrons. The highest BCUT2D eigenvalue weighted by atomic mass is 16.6. The molecule has 1 aromatic rings. The highest BCUT2D eigenvalue weighted by Crippen LogP contribution is 2.36. The molecule has 4 rings (SSSR count). The minimum absolute atomic E-state index is 0.0443. The first-order valence-electron chi connectivity index (χ1n) is 12.3. The summed E-state index contributed by atoms with van der Waals surface area (Å²) in [4.78, 5) is 27.9. The van der Waals surface area contributed by atoms with E-state index < -0.39 is 0 Å². The maximum absolute atomic E-state index is 13.3. The van der Waals surface area contributed by atoms with E-state index >= 15 is 0 Å². The number of hydrogen-bond donors (Lipinski definition) is 1. The summed E-state index contributed by atoms with van der Waals surface area (Å²) >= 11 is 0. The molecule has 1 amide bonds. The van der Waals surface area contributed by atoms with Crippen molar-refractivity contribution in [2.75, 3.05) is 31.2 Å². The molecule has 1 saturated heterocycles. The summed E-state index contributed by atoms with van der Waals surface area (Å²) in [7, 11) is 0. The molecule has 7 heteroatoms. The third-order valence-corrected chi connectivity index (χ3v) is 7.56. The van der Waals surface area contributed by atoms with Crippen molar-refractivity contribution in [3.8, 4) is 0 Å². The van der Waals surface area contributed by atoms with Crippen LogP contribution in [0.3, 0.4) is 0 Å². The number of rotatable bonds is 8. The Morgan fingerprint density at radius 1 is 1.03 bits per heavy atom. The number of nitrogens with zero attached hydrogens (tertiary/aromatic N) is 3. The number of carbonyl (C=O) groups is 1. The highest BCUT2D eigenvalue weighted by molar-refractivity contribution is 6.54. The maximum atomic E-state index is 13.3. The van der Waals surface area contributed by atoms with Gasteiger partial charge in [0.05, 0.1) is 12.3 Å². The number of para-hydroxylation sites is 1. The minimum atomic E-state index is -0.0443. The summed E-state index contributed by atoms with van der Waals surface area (Å²) in [5.41, 5.74) is 2.23. The van der Waals surface area contributed by atoms with Gasteiger partial charge in [-0.05, 0) is 56.4 Å². The number of amides is 1. The maximum Gasteiger partial charge on any atom is 0.281 e.